The molecule has 0 spiro atoms. The van der Waals surface area contributed by atoms with Crippen molar-refractivity contribution < 1.29 is 35.9 Å². The van der Waals surface area contributed by atoms with Crippen molar-refractivity contribution in [1.29, 1.82) is 5.26 Å². The molecule has 4 fully saturated rings. The van der Waals surface area contributed by atoms with Gasteiger partial charge in [0.1, 0.15) is 11.4 Å². The van der Waals surface area contributed by atoms with E-state index in [9.17, 15) is 31.6 Å². The van der Waals surface area contributed by atoms with Gasteiger partial charge in [-0.1, -0.05) is 12.1 Å². The van der Waals surface area contributed by atoms with E-state index in [-0.39, 0.29) is 24.9 Å². The summed E-state index contributed by atoms with van der Waals surface area (Å²) < 4.78 is 82.1. The predicted molar refractivity (Wildman–Crippen MR) is 143 cm³/mol. The number of nitrogens with zero attached hydrogens (tertiary/aromatic N) is 4. The van der Waals surface area contributed by atoms with Gasteiger partial charge in [0.15, 0.2) is 16.1 Å². The number of halogens is 3. The number of nitriles is 1. The number of alkyl halides is 3. The number of hydrogen-bond donors (Lipinski definition) is 1. The maximum absolute atomic E-state index is 13.8. The second-order valence-corrected chi connectivity index (χ2v) is 13.8. The number of benzene rings is 1. The maximum atomic E-state index is 13.8. The Labute approximate surface area is 241 Å². The van der Waals surface area contributed by atoms with Crippen LogP contribution in [0.4, 0.5) is 23.8 Å². The number of carbonyl (C=O) groups is 1. The van der Waals surface area contributed by atoms with Gasteiger partial charge in [0, 0.05) is 38.2 Å². The summed E-state index contributed by atoms with van der Waals surface area (Å²) in [4.78, 5) is 13.7. The van der Waals surface area contributed by atoms with Gasteiger partial charge in [-0.2, -0.15) is 23.5 Å². The third-order valence-corrected chi connectivity index (χ3v) is 11.0. The smallest absolute Gasteiger partial charge is 0.417 e. The highest BCUT2D eigenvalue weighted by atomic mass is 32.2. The second-order valence-electron chi connectivity index (χ2n) is 11.6. The van der Waals surface area contributed by atoms with E-state index in [1.807, 2.05) is 10.7 Å². The average Bonchev–Trinajstić information content (AvgIpc) is 3.37. The lowest BCUT2D eigenvalue weighted by Gasteiger charge is -2.32. The van der Waals surface area contributed by atoms with Crippen molar-refractivity contribution in [3.63, 3.8) is 0 Å². The fourth-order valence-electron chi connectivity index (χ4n) is 5.92. The number of anilines is 1. The first-order chi connectivity index (χ1) is 20.0. The molecule has 3 heterocycles. The van der Waals surface area contributed by atoms with Crippen molar-refractivity contribution in [2.45, 2.75) is 91.4 Å². The Hall–Kier alpha value is -3.31. The summed E-state index contributed by atoms with van der Waals surface area (Å²) in [5.74, 6) is 0.717. The van der Waals surface area contributed by atoms with Crippen LogP contribution in [-0.4, -0.2) is 61.1 Å². The molecule has 226 valence electrons. The molecule has 1 aromatic carbocycles. The predicted octanol–water partition coefficient (Wildman–Crippen LogP) is 4.68. The molecule has 6 rings (SSSR count). The van der Waals surface area contributed by atoms with Crippen LogP contribution >= 0.6 is 0 Å². The number of nitrogens with one attached hydrogen (secondary N) is 1. The lowest BCUT2D eigenvalue weighted by atomic mass is 9.93. The quantitative estimate of drug-likeness (QED) is 0.481. The zero-order valence-electron chi connectivity index (χ0n) is 22.8. The molecule has 10 nitrogen and oxygen atoms in total. The fraction of sp³-hybridized carbons (Fsp3) is 0.607. The zero-order valence-corrected chi connectivity index (χ0v) is 23.7. The van der Waals surface area contributed by atoms with E-state index in [1.165, 1.54) is 6.07 Å². The first kappa shape index (κ1) is 28.8. The fourth-order valence-corrected chi connectivity index (χ4v) is 7.81. The van der Waals surface area contributed by atoms with Crippen molar-refractivity contribution in [2.24, 2.45) is 0 Å². The molecular weight excluding hydrogens is 575 g/mol. The Bertz CT molecular complexity index is 1490. The number of sulfone groups is 1. The van der Waals surface area contributed by atoms with Crippen molar-refractivity contribution in [2.75, 3.05) is 24.7 Å². The van der Waals surface area contributed by atoms with Crippen LogP contribution in [0, 0.1) is 11.3 Å². The van der Waals surface area contributed by atoms with Crippen LogP contribution in [0.25, 0.3) is 0 Å². The molecule has 42 heavy (non-hydrogen) atoms. The van der Waals surface area contributed by atoms with Crippen LogP contribution in [0.5, 0.6) is 0 Å². The molecule has 2 saturated carbocycles. The maximum Gasteiger partial charge on any atom is 0.417 e. The minimum Gasteiger partial charge on any atom is -0.425 e. The molecule has 0 unspecified atom stereocenters. The molecule has 0 bridgehead atoms. The summed E-state index contributed by atoms with van der Waals surface area (Å²) in [5.41, 5.74) is -1.41. The number of ether oxygens (including phenoxy) is 2. The van der Waals surface area contributed by atoms with E-state index >= 15 is 0 Å². The molecule has 2 aliphatic heterocycles. The molecule has 2 saturated heterocycles. The highest BCUT2D eigenvalue weighted by Crippen LogP contribution is 2.42. The highest BCUT2D eigenvalue weighted by Gasteiger charge is 2.49. The summed E-state index contributed by atoms with van der Waals surface area (Å²) in [6.45, 7) is 1.01. The molecule has 4 aliphatic rings. The minimum absolute atomic E-state index is 0.0815. The van der Waals surface area contributed by atoms with Gasteiger partial charge in [0.05, 0.1) is 33.5 Å². The summed E-state index contributed by atoms with van der Waals surface area (Å²) in [5, 5.41) is 15.6. The molecule has 2 aliphatic carbocycles. The van der Waals surface area contributed by atoms with Crippen molar-refractivity contribution in [3.05, 3.63) is 41.6 Å². The number of carbonyl (C=O) groups excluding carboxylic acids is 1. The van der Waals surface area contributed by atoms with Gasteiger partial charge in [-0.05, 0) is 57.1 Å². The topological polar surface area (TPSA) is 127 Å². The monoisotopic (exact) mass is 607 g/mol. The Morgan fingerprint density at radius 3 is 2.50 bits per heavy atom. The Morgan fingerprint density at radius 2 is 1.88 bits per heavy atom. The van der Waals surface area contributed by atoms with Crippen LogP contribution in [0.1, 0.15) is 74.6 Å². The molecular formula is C28H32F3N5O5S. The van der Waals surface area contributed by atoms with Crippen LogP contribution in [0.3, 0.4) is 0 Å². The molecule has 1 aromatic heterocycles. The Morgan fingerprint density at radius 1 is 1.17 bits per heavy atom. The van der Waals surface area contributed by atoms with Gasteiger partial charge in [-0.3, -0.25) is 0 Å². The summed E-state index contributed by atoms with van der Waals surface area (Å²) in [6.07, 6.45) is -1.80. The first-order valence-electron chi connectivity index (χ1n) is 14.2. The lowest BCUT2D eigenvalue weighted by Crippen LogP contribution is -2.42. The number of rotatable bonds is 7. The number of hydrogen-bond acceptors (Lipinski definition) is 8. The van der Waals surface area contributed by atoms with E-state index in [1.54, 1.807) is 4.90 Å². The van der Waals surface area contributed by atoms with E-state index in [0.29, 0.717) is 31.9 Å². The second kappa shape index (κ2) is 10.8. The van der Waals surface area contributed by atoms with E-state index in [2.05, 4.69) is 11.4 Å². The SMILES string of the molecule is N#CC1(NC(=O)O[C@H]2C[C@@H](S(=O)(=O)c3ccccc3C(F)(F)F)CN2c2cc(C3CCOCC3)nn2C2CCC2)CC1. The zero-order chi connectivity index (χ0) is 29.7. The van der Waals surface area contributed by atoms with Gasteiger partial charge >= 0.3 is 12.3 Å². The van der Waals surface area contributed by atoms with Crippen LogP contribution < -0.4 is 10.2 Å². The van der Waals surface area contributed by atoms with Crippen LogP contribution in [0.2, 0.25) is 0 Å². The van der Waals surface area contributed by atoms with Crippen LogP contribution in [-0.2, 0) is 25.5 Å². The molecule has 2 aromatic rings. The molecule has 14 heteroatoms. The van der Waals surface area contributed by atoms with Gasteiger partial charge in [0.25, 0.3) is 0 Å². The summed E-state index contributed by atoms with van der Waals surface area (Å²) >= 11 is 0. The van der Waals surface area contributed by atoms with E-state index in [0.717, 1.165) is 56.0 Å². The Kier molecular flexibility index (Phi) is 7.37. The molecule has 0 radical (unpaired) electrons. The van der Waals surface area contributed by atoms with Crippen LogP contribution in [0.15, 0.2) is 35.2 Å². The first-order valence-corrected chi connectivity index (χ1v) is 15.8. The number of aromatic nitrogens is 2. The third kappa shape index (κ3) is 5.44. The molecule has 2 atom stereocenters. The van der Waals surface area contributed by atoms with Gasteiger partial charge < -0.3 is 19.7 Å². The van der Waals surface area contributed by atoms with Gasteiger partial charge in [-0.25, -0.2) is 17.9 Å². The molecule has 1 N–H and O–H groups in total. The normalized spacial score (nSPS) is 24.6. The highest BCUT2D eigenvalue weighted by molar-refractivity contribution is 7.92. The average molecular weight is 608 g/mol. The summed E-state index contributed by atoms with van der Waals surface area (Å²) in [7, 11) is -4.50. The molecule has 1 amide bonds. The lowest BCUT2D eigenvalue weighted by molar-refractivity contribution is -0.139. The number of alkyl carbamates (subject to hydrolysis) is 1. The minimum atomic E-state index is -4.87. The van der Waals surface area contributed by atoms with Crippen molar-refractivity contribution in [1.82, 2.24) is 15.1 Å². The summed E-state index contributed by atoms with van der Waals surface area (Å²) in [6, 6.07) is 8.16. The largest absolute Gasteiger partial charge is 0.425 e. The van der Waals surface area contributed by atoms with E-state index < -0.39 is 49.6 Å². The Balaban J connectivity index is 1.36. The van der Waals surface area contributed by atoms with Gasteiger partial charge in [0.2, 0.25) is 0 Å². The third-order valence-electron chi connectivity index (χ3n) is 8.79. The van der Waals surface area contributed by atoms with E-state index in [4.69, 9.17) is 14.6 Å². The number of amides is 1. The standard InChI is InChI=1S/C28H32F3N5O5S/c29-28(30,31)21-6-1-2-7-23(21)42(38,39)20-14-25(41-26(37)33-27(17-32)10-11-27)35(16-20)24-15-22(18-8-12-40-13-9-18)34-36(24)19-4-3-5-19/h1-2,6-7,15,18-20,25H,3-5,8-14,16H2,(H,33,37)/t20-,25+/m1/s1. The van der Waals surface area contributed by atoms with Gasteiger partial charge in [-0.15, -0.1) is 0 Å². The van der Waals surface area contributed by atoms with Crippen molar-refractivity contribution >= 4 is 21.7 Å². The van der Waals surface area contributed by atoms with Crippen molar-refractivity contribution in [3.8, 4) is 6.07 Å².